The lowest BCUT2D eigenvalue weighted by atomic mass is 9.93. The minimum atomic E-state index is -0.935. The number of nitrogens with one attached hydrogen (secondary N) is 1. The molecule has 0 bridgehead atoms. The first-order valence-corrected chi connectivity index (χ1v) is 3.76. The summed E-state index contributed by atoms with van der Waals surface area (Å²) in [6, 6.07) is 0. The monoisotopic (exact) mass is 209 g/mol. The van der Waals surface area contributed by atoms with Crippen molar-refractivity contribution in [2.24, 2.45) is 11.8 Å². The molecule has 0 spiro atoms. The first-order chi connectivity index (χ1) is 5.61. The van der Waals surface area contributed by atoms with E-state index < -0.39 is 17.9 Å². The molecule has 13 heavy (non-hydrogen) atoms. The average Bonchev–Trinajstić information content (AvgIpc) is 2.33. The number of halogens is 1. The molecule has 0 aromatic carbocycles. The van der Waals surface area contributed by atoms with Crippen LogP contribution in [0, 0.1) is 11.8 Å². The number of carboxylic acids is 2. The van der Waals surface area contributed by atoms with Gasteiger partial charge in [0.2, 0.25) is 0 Å². The van der Waals surface area contributed by atoms with E-state index in [9.17, 15) is 9.59 Å². The Morgan fingerprint density at radius 3 is 2.38 bits per heavy atom. The summed E-state index contributed by atoms with van der Waals surface area (Å²) in [5.74, 6) is -2.65. The van der Waals surface area contributed by atoms with Crippen LogP contribution in [-0.4, -0.2) is 35.2 Å². The lowest BCUT2D eigenvalue weighted by molar-refractivity contribution is -0.143. The third kappa shape index (κ3) is 3.20. The molecule has 76 valence electrons. The Kier molecular flexibility index (Phi) is 4.72. The smallest absolute Gasteiger partial charge is 0.308 e. The van der Waals surface area contributed by atoms with Gasteiger partial charge in [0.25, 0.3) is 0 Å². The molecule has 3 N–H and O–H groups in total. The third-order valence-electron chi connectivity index (χ3n) is 2.09. The highest BCUT2D eigenvalue weighted by atomic mass is 35.5. The van der Waals surface area contributed by atoms with E-state index in [-0.39, 0.29) is 24.7 Å². The average molecular weight is 210 g/mol. The number of hydrogen-bond donors (Lipinski definition) is 3. The van der Waals surface area contributed by atoms with Crippen LogP contribution in [0.5, 0.6) is 0 Å². The molecule has 1 aliphatic heterocycles. The molecule has 5 nitrogen and oxygen atoms in total. The van der Waals surface area contributed by atoms with Gasteiger partial charge in [-0.3, -0.25) is 9.59 Å². The van der Waals surface area contributed by atoms with Crippen LogP contribution >= 0.6 is 12.4 Å². The molecule has 1 saturated heterocycles. The molecule has 6 heteroatoms. The molecule has 0 aromatic rings. The summed E-state index contributed by atoms with van der Waals surface area (Å²) in [6.07, 6.45) is -0.0655. The summed E-state index contributed by atoms with van der Waals surface area (Å²) in [5.41, 5.74) is 0. The molecule has 0 aliphatic carbocycles. The van der Waals surface area contributed by atoms with E-state index in [4.69, 9.17) is 10.2 Å². The van der Waals surface area contributed by atoms with Crippen LogP contribution in [0.1, 0.15) is 6.42 Å². The second kappa shape index (κ2) is 5.04. The van der Waals surface area contributed by atoms with E-state index in [2.05, 4.69) is 5.32 Å². The molecule has 0 radical (unpaired) electrons. The number of aliphatic carboxylic acids is 2. The zero-order valence-electron chi connectivity index (χ0n) is 6.90. The summed E-state index contributed by atoms with van der Waals surface area (Å²) in [5, 5.41) is 20.0. The van der Waals surface area contributed by atoms with Crippen molar-refractivity contribution in [3.63, 3.8) is 0 Å². The molecule has 1 rings (SSSR count). The Bertz CT molecular complexity index is 209. The van der Waals surface area contributed by atoms with E-state index in [0.717, 1.165) is 0 Å². The molecular formula is C7H12ClNO4. The van der Waals surface area contributed by atoms with Gasteiger partial charge in [0, 0.05) is 6.54 Å². The number of rotatable bonds is 3. The van der Waals surface area contributed by atoms with Crippen molar-refractivity contribution in [2.45, 2.75) is 6.42 Å². The van der Waals surface area contributed by atoms with Crippen molar-refractivity contribution in [2.75, 3.05) is 13.1 Å². The van der Waals surface area contributed by atoms with Crippen molar-refractivity contribution >= 4 is 24.3 Å². The summed E-state index contributed by atoms with van der Waals surface area (Å²) in [4.78, 5) is 20.9. The maximum atomic E-state index is 10.6. The predicted molar refractivity (Wildman–Crippen MR) is 47.0 cm³/mol. The van der Waals surface area contributed by atoms with Crippen LogP contribution in [0.2, 0.25) is 0 Å². The topological polar surface area (TPSA) is 86.6 Å². The van der Waals surface area contributed by atoms with Crippen molar-refractivity contribution in [1.82, 2.24) is 5.32 Å². The first kappa shape index (κ1) is 12.2. The zero-order chi connectivity index (χ0) is 9.14. The Morgan fingerprint density at radius 1 is 1.31 bits per heavy atom. The highest BCUT2D eigenvalue weighted by molar-refractivity contribution is 5.85. The fourth-order valence-corrected chi connectivity index (χ4v) is 1.46. The summed E-state index contributed by atoms with van der Waals surface area (Å²) >= 11 is 0. The van der Waals surface area contributed by atoms with E-state index in [1.807, 2.05) is 0 Å². The van der Waals surface area contributed by atoms with E-state index in [0.29, 0.717) is 13.1 Å². The predicted octanol–water partition coefficient (Wildman–Crippen LogP) is -0.197. The summed E-state index contributed by atoms with van der Waals surface area (Å²) < 4.78 is 0. The highest BCUT2D eigenvalue weighted by Gasteiger charge is 2.33. The standard InChI is InChI=1S/C7H11NO4.ClH/c9-6(10)1-4-2-8-3-5(4)7(11)12;/h4-5,8H,1-3H2,(H,9,10)(H,11,12);1H/t4-,5-;/m1./s1. The third-order valence-corrected chi connectivity index (χ3v) is 2.09. The Labute approximate surface area is 81.5 Å². The Hall–Kier alpha value is -0.810. The molecule has 0 unspecified atom stereocenters. The van der Waals surface area contributed by atoms with E-state index in [1.165, 1.54) is 0 Å². The van der Waals surface area contributed by atoms with Crippen LogP contribution < -0.4 is 5.32 Å². The van der Waals surface area contributed by atoms with Crippen LogP contribution in [0.15, 0.2) is 0 Å². The van der Waals surface area contributed by atoms with Gasteiger partial charge in [-0.25, -0.2) is 0 Å². The normalized spacial score (nSPS) is 26.5. The van der Waals surface area contributed by atoms with E-state index in [1.54, 1.807) is 0 Å². The molecule has 1 fully saturated rings. The fourth-order valence-electron chi connectivity index (χ4n) is 1.46. The Morgan fingerprint density at radius 2 is 1.92 bits per heavy atom. The molecule has 0 aromatic heterocycles. The lowest BCUT2D eigenvalue weighted by Gasteiger charge is -2.10. The van der Waals surface area contributed by atoms with Crippen LogP contribution in [-0.2, 0) is 9.59 Å². The SMILES string of the molecule is Cl.O=C(O)C[C@@H]1CNC[C@H]1C(=O)O. The van der Waals surface area contributed by atoms with Gasteiger partial charge in [0.05, 0.1) is 12.3 Å². The van der Waals surface area contributed by atoms with Gasteiger partial charge in [-0.05, 0) is 12.5 Å². The van der Waals surface area contributed by atoms with Crippen LogP contribution in [0.4, 0.5) is 0 Å². The van der Waals surface area contributed by atoms with Crippen molar-refractivity contribution in [1.29, 1.82) is 0 Å². The van der Waals surface area contributed by atoms with Crippen LogP contribution in [0.25, 0.3) is 0 Å². The highest BCUT2D eigenvalue weighted by Crippen LogP contribution is 2.20. The van der Waals surface area contributed by atoms with Gasteiger partial charge in [-0.15, -0.1) is 12.4 Å². The van der Waals surface area contributed by atoms with Gasteiger partial charge in [0.1, 0.15) is 0 Å². The first-order valence-electron chi connectivity index (χ1n) is 3.76. The number of hydrogen-bond acceptors (Lipinski definition) is 3. The Balaban J connectivity index is 0.00000144. The maximum absolute atomic E-state index is 10.6. The van der Waals surface area contributed by atoms with Gasteiger partial charge in [0.15, 0.2) is 0 Å². The molecule has 1 heterocycles. The minimum Gasteiger partial charge on any atom is -0.481 e. The molecule has 0 amide bonds. The maximum Gasteiger partial charge on any atom is 0.308 e. The number of carboxylic acid groups (broad SMARTS) is 2. The van der Waals surface area contributed by atoms with Crippen molar-refractivity contribution in [3.05, 3.63) is 0 Å². The van der Waals surface area contributed by atoms with E-state index >= 15 is 0 Å². The van der Waals surface area contributed by atoms with Crippen molar-refractivity contribution in [3.8, 4) is 0 Å². The van der Waals surface area contributed by atoms with Gasteiger partial charge >= 0.3 is 11.9 Å². The molecule has 1 aliphatic rings. The van der Waals surface area contributed by atoms with Gasteiger partial charge < -0.3 is 15.5 Å². The molecule has 0 saturated carbocycles. The second-order valence-corrected chi connectivity index (χ2v) is 2.96. The lowest BCUT2D eigenvalue weighted by Crippen LogP contribution is -2.24. The van der Waals surface area contributed by atoms with Crippen LogP contribution in [0.3, 0.4) is 0 Å². The molecular weight excluding hydrogens is 198 g/mol. The quantitative estimate of drug-likeness (QED) is 0.600. The van der Waals surface area contributed by atoms with Crippen molar-refractivity contribution < 1.29 is 19.8 Å². The fraction of sp³-hybridized carbons (Fsp3) is 0.714. The second-order valence-electron chi connectivity index (χ2n) is 2.96. The zero-order valence-corrected chi connectivity index (χ0v) is 7.71. The largest absolute Gasteiger partial charge is 0.481 e. The summed E-state index contributed by atoms with van der Waals surface area (Å²) in [6.45, 7) is 0.872. The van der Waals surface area contributed by atoms with Gasteiger partial charge in [-0.1, -0.05) is 0 Å². The minimum absolute atomic E-state index is 0. The number of carbonyl (C=O) groups is 2. The summed E-state index contributed by atoms with van der Waals surface area (Å²) in [7, 11) is 0. The van der Waals surface area contributed by atoms with Gasteiger partial charge in [-0.2, -0.15) is 0 Å². The molecule has 2 atom stereocenters.